The van der Waals surface area contributed by atoms with E-state index in [-0.39, 0.29) is 17.5 Å². The van der Waals surface area contributed by atoms with Crippen molar-refractivity contribution >= 4 is 22.3 Å². The monoisotopic (exact) mass is 395 g/mol. The fourth-order valence-corrected chi connectivity index (χ4v) is 5.89. The van der Waals surface area contributed by atoms with E-state index in [1.165, 1.54) is 0 Å². The molecular weight excluding hydrogens is 374 g/mol. The fraction of sp³-hybridized carbons (Fsp3) is 0.231. The highest BCUT2D eigenvalue weighted by Gasteiger charge is 2.64. The lowest BCUT2D eigenvalue weighted by molar-refractivity contribution is -0.121. The first-order chi connectivity index (χ1) is 14.6. The predicted octanol–water partition coefficient (Wildman–Crippen LogP) is 4.63. The van der Waals surface area contributed by atoms with E-state index >= 15 is 0 Å². The van der Waals surface area contributed by atoms with Gasteiger partial charge in [-0.25, -0.2) is 0 Å². The number of hydrogen-bond donors (Lipinski definition) is 0. The third-order valence-corrected chi connectivity index (χ3v) is 7.11. The summed E-state index contributed by atoms with van der Waals surface area (Å²) in [5, 5.41) is 2.02. The second-order valence-electron chi connectivity index (χ2n) is 8.47. The summed E-state index contributed by atoms with van der Waals surface area (Å²) >= 11 is 0. The maximum Gasteiger partial charge on any atom is 0.189 e. The molecular formula is C26H21NO3. The molecule has 4 heteroatoms. The Bertz CT molecular complexity index is 1260. The zero-order valence-electron chi connectivity index (χ0n) is 16.7. The quantitative estimate of drug-likeness (QED) is 0.649. The second-order valence-corrected chi connectivity index (χ2v) is 8.47. The Labute approximate surface area is 174 Å². The number of rotatable bonds is 3. The molecule has 3 aliphatic rings. The highest BCUT2D eigenvalue weighted by Crippen LogP contribution is 2.57. The first-order valence-corrected chi connectivity index (χ1v) is 10.4. The van der Waals surface area contributed by atoms with Crippen molar-refractivity contribution in [2.24, 2.45) is 5.92 Å². The van der Waals surface area contributed by atoms with Crippen LogP contribution in [0.5, 0.6) is 0 Å². The number of allylic oxidation sites excluding steroid dienone is 4. The zero-order chi connectivity index (χ0) is 20.5. The summed E-state index contributed by atoms with van der Waals surface area (Å²) < 4.78 is 5.77. The van der Waals surface area contributed by atoms with Crippen molar-refractivity contribution in [2.75, 3.05) is 13.6 Å². The van der Waals surface area contributed by atoms with Gasteiger partial charge in [0.1, 0.15) is 11.3 Å². The van der Waals surface area contributed by atoms with Crippen molar-refractivity contribution in [1.29, 1.82) is 0 Å². The molecule has 4 nitrogen and oxygen atoms in total. The van der Waals surface area contributed by atoms with Crippen LogP contribution in [0, 0.1) is 5.92 Å². The fourth-order valence-electron chi connectivity index (χ4n) is 5.89. The Morgan fingerprint density at radius 1 is 1.13 bits per heavy atom. The topological polar surface area (TPSA) is 50.5 Å². The molecule has 1 aromatic heterocycles. The molecule has 148 valence electrons. The summed E-state index contributed by atoms with van der Waals surface area (Å²) in [5.41, 5.74) is 1.41. The summed E-state index contributed by atoms with van der Waals surface area (Å²) in [5.74, 6) is 0.108. The number of Topliss-reactive ketones (excluding diaryl/α,β-unsaturated/α-hetero) is 2. The number of fused-ring (bicyclic) bond motifs is 1. The summed E-state index contributed by atoms with van der Waals surface area (Å²) in [6.07, 6.45) is 8.06. The van der Waals surface area contributed by atoms with Gasteiger partial charge in [-0.05, 0) is 47.5 Å². The molecule has 1 spiro atoms. The molecule has 1 saturated heterocycles. The van der Waals surface area contributed by atoms with Crippen molar-refractivity contribution in [1.82, 2.24) is 4.90 Å². The van der Waals surface area contributed by atoms with Gasteiger partial charge < -0.3 is 4.42 Å². The van der Waals surface area contributed by atoms with Crippen molar-refractivity contribution in [3.8, 4) is 0 Å². The Morgan fingerprint density at radius 3 is 2.70 bits per heavy atom. The Hall–Kier alpha value is -3.24. The van der Waals surface area contributed by atoms with Gasteiger partial charge in [-0.1, -0.05) is 54.6 Å². The largest absolute Gasteiger partial charge is 0.469 e. The Balaban J connectivity index is 1.63. The highest BCUT2D eigenvalue weighted by molar-refractivity contribution is 6.22. The van der Waals surface area contributed by atoms with Gasteiger partial charge >= 0.3 is 0 Å². The predicted molar refractivity (Wildman–Crippen MR) is 114 cm³/mol. The second kappa shape index (κ2) is 6.13. The van der Waals surface area contributed by atoms with Crippen LogP contribution in [0.2, 0.25) is 0 Å². The SMILES string of the molecule is CN1C[C@@H](c2ccco2)[C@H](C(=O)C2=CC=CC2)C12C(=O)c1cccc3cccc2c13. The van der Waals surface area contributed by atoms with E-state index in [4.69, 9.17) is 4.42 Å². The van der Waals surface area contributed by atoms with Crippen LogP contribution in [0.4, 0.5) is 0 Å². The molecule has 3 atom stereocenters. The molecule has 3 aromatic rings. The number of likely N-dealkylation sites (tertiary alicyclic amines) is 1. The lowest BCUT2D eigenvalue weighted by Crippen LogP contribution is -2.50. The van der Waals surface area contributed by atoms with Gasteiger partial charge in [-0.2, -0.15) is 0 Å². The molecule has 2 heterocycles. The van der Waals surface area contributed by atoms with Crippen molar-refractivity contribution in [3.05, 3.63) is 95.5 Å². The zero-order valence-corrected chi connectivity index (χ0v) is 16.7. The van der Waals surface area contributed by atoms with Gasteiger partial charge in [-0.3, -0.25) is 14.5 Å². The molecule has 0 bridgehead atoms. The van der Waals surface area contributed by atoms with Crippen LogP contribution in [-0.2, 0) is 10.3 Å². The van der Waals surface area contributed by atoms with Gasteiger partial charge in [0.05, 0.1) is 12.2 Å². The minimum atomic E-state index is -1.01. The van der Waals surface area contributed by atoms with Gasteiger partial charge in [-0.15, -0.1) is 0 Å². The van der Waals surface area contributed by atoms with E-state index in [0.29, 0.717) is 18.5 Å². The molecule has 2 aromatic carbocycles. The minimum absolute atomic E-state index is 0.0239. The van der Waals surface area contributed by atoms with E-state index in [0.717, 1.165) is 27.7 Å². The normalized spacial score (nSPS) is 27.5. The first-order valence-electron chi connectivity index (χ1n) is 10.4. The van der Waals surface area contributed by atoms with Crippen LogP contribution in [0.15, 0.2) is 83.0 Å². The number of hydrogen-bond acceptors (Lipinski definition) is 4. The average Bonchev–Trinajstić information content (AvgIpc) is 3.54. The van der Waals surface area contributed by atoms with Crippen LogP contribution >= 0.6 is 0 Å². The number of carbonyl (C=O) groups excluding carboxylic acids is 2. The molecule has 0 amide bonds. The number of likely N-dealkylation sites (N-methyl/N-ethyl adjacent to an activating group) is 1. The number of benzene rings is 2. The number of furan rings is 1. The molecule has 0 N–H and O–H groups in total. The van der Waals surface area contributed by atoms with E-state index in [9.17, 15) is 9.59 Å². The third kappa shape index (κ3) is 2.04. The standard InChI is InChI=1S/C26H21NO3/c1-27-15-19(21-13-6-14-30-21)23(24(28)17-7-2-3-8-17)26(27)20-12-5-10-16-9-4-11-18(22(16)20)25(26)29/h2-7,9-14,19,23H,8,15H2,1H3/t19-,23+,26?/m0/s1. The Morgan fingerprint density at radius 2 is 1.97 bits per heavy atom. The van der Waals surface area contributed by atoms with E-state index < -0.39 is 11.5 Å². The summed E-state index contributed by atoms with van der Waals surface area (Å²) in [4.78, 5) is 30.1. The van der Waals surface area contributed by atoms with E-state index in [2.05, 4.69) is 4.90 Å². The maximum atomic E-state index is 14.1. The average molecular weight is 395 g/mol. The third-order valence-electron chi connectivity index (χ3n) is 7.11. The number of carbonyl (C=O) groups is 2. The number of nitrogens with zero attached hydrogens (tertiary/aromatic N) is 1. The van der Waals surface area contributed by atoms with Gasteiger partial charge in [0.15, 0.2) is 11.6 Å². The van der Waals surface area contributed by atoms with Crippen molar-refractivity contribution in [3.63, 3.8) is 0 Å². The minimum Gasteiger partial charge on any atom is -0.469 e. The van der Waals surface area contributed by atoms with Crippen LogP contribution < -0.4 is 0 Å². The maximum absolute atomic E-state index is 14.1. The molecule has 30 heavy (non-hydrogen) atoms. The molecule has 0 radical (unpaired) electrons. The number of ketones is 2. The smallest absolute Gasteiger partial charge is 0.189 e. The van der Waals surface area contributed by atoms with Crippen molar-refractivity contribution < 1.29 is 14.0 Å². The summed E-state index contributed by atoms with van der Waals surface area (Å²) in [6.45, 7) is 0.584. The molecule has 0 saturated carbocycles. The van der Waals surface area contributed by atoms with Gasteiger partial charge in [0.2, 0.25) is 0 Å². The van der Waals surface area contributed by atoms with Gasteiger partial charge in [0.25, 0.3) is 0 Å². The van der Waals surface area contributed by atoms with Crippen LogP contribution in [0.1, 0.15) is 34.0 Å². The van der Waals surface area contributed by atoms with Crippen LogP contribution in [0.25, 0.3) is 10.8 Å². The molecule has 2 aliphatic carbocycles. The lowest BCUT2D eigenvalue weighted by atomic mass is 9.70. The lowest BCUT2D eigenvalue weighted by Gasteiger charge is -2.37. The van der Waals surface area contributed by atoms with E-state index in [1.807, 2.05) is 73.8 Å². The molecule has 1 fully saturated rings. The summed E-state index contributed by atoms with van der Waals surface area (Å²) in [7, 11) is 1.97. The Kier molecular flexibility index (Phi) is 3.60. The van der Waals surface area contributed by atoms with Crippen LogP contribution in [-0.4, -0.2) is 30.1 Å². The summed E-state index contributed by atoms with van der Waals surface area (Å²) in [6, 6.07) is 15.7. The molecule has 1 aliphatic heterocycles. The molecule has 6 rings (SSSR count). The first kappa shape index (κ1) is 17.6. The molecule has 1 unspecified atom stereocenters. The van der Waals surface area contributed by atoms with Crippen LogP contribution in [0.3, 0.4) is 0 Å². The van der Waals surface area contributed by atoms with E-state index in [1.54, 1.807) is 6.26 Å². The van der Waals surface area contributed by atoms with Crippen molar-refractivity contribution in [2.45, 2.75) is 17.9 Å². The highest BCUT2D eigenvalue weighted by atomic mass is 16.3. The van der Waals surface area contributed by atoms with Gasteiger partial charge in [0, 0.05) is 18.0 Å².